The van der Waals surface area contributed by atoms with Crippen molar-refractivity contribution in [1.82, 2.24) is 10.2 Å². The van der Waals surface area contributed by atoms with Crippen LogP contribution in [0.5, 0.6) is 5.75 Å². The second-order valence-electron chi connectivity index (χ2n) is 9.07. The van der Waals surface area contributed by atoms with Crippen LogP contribution in [0, 0.1) is 19.7 Å². The van der Waals surface area contributed by atoms with E-state index in [1.807, 2.05) is 76.2 Å². The zero-order valence-electron chi connectivity index (χ0n) is 20.8. The average Bonchev–Trinajstić information content (AvgIpc) is 2.83. The second kappa shape index (κ2) is 12.2. The number of benzene rings is 3. The number of halogens is 1. The van der Waals surface area contributed by atoms with Crippen LogP contribution in [0.25, 0.3) is 0 Å². The van der Waals surface area contributed by atoms with Gasteiger partial charge in [-0.15, -0.1) is 0 Å². The lowest BCUT2D eigenvalue weighted by Crippen LogP contribution is -2.52. The van der Waals surface area contributed by atoms with Crippen molar-refractivity contribution in [3.63, 3.8) is 0 Å². The van der Waals surface area contributed by atoms with Gasteiger partial charge in [-0.1, -0.05) is 54.6 Å². The first-order valence-corrected chi connectivity index (χ1v) is 11.8. The SMILES string of the molecule is Cc1ccc(C)c(OCC(=O)N(Cc2ccc(F)cc2)[C@H](Cc2ccccc2)C(=O)NC(C)C)c1. The first-order chi connectivity index (χ1) is 16.7. The molecule has 0 bridgehead atoms. The summed E-state index contributed by atoms with van der Waals surface area (Å²) in [4.78, 5) is 28.4. The van der Waals surface area contributed by atoms with Crippen molar-refractivity contribution in [3.05, 3.63) is 101 Å². The Labute approximate surface area is 206 Å². The molecule has 0 aliphatic carbocycles. The predicted molar refractivity (Wildman–Crippen MR) is 136 cm³/mol. The number of nitrogens with zero attached hydrogens (tertiary/aromatic N) is 1. The van der Waals surface area contributed by atoms with Crippen molar-refractivity contribution in [1.29, 1.82) is 0 Å². The summed E-state index contributed by atoms with van der Waals surface area (Å²) in [5.74, 6) is -0.296. The second-order valence-corrected chi connectivity index (χ2v) is 9.07. The highest BCUT2D eigenvalue weighted by molar-refractivity contribution is 5.88. The van der Waals surface area contributed by atoms with E-state index in [1.54, 1.807) is 12.1 Å². The first-order valence-electron chi connectivity index (χ1n) is 11.8. The van der Waals surface area contributed by atoms with Crippen molar-refractivity contribution in [2.75, 3.05) is 6.61 Å². The molecule has 0 aliphatic heterocycles. The van der Waals surface area contributed by atoms with Crippen molar-refractivity contribution in [3.8, 4) is 5.75 Å². The molecule has 2 amide bonds. The Morgan fingerprint density at radius 2 is 1.63 bits per heavy atom. The fourth-order valence-corrected chi connectivity index (χ4v) is 3.81. The zero-order valence-corrected chi connectivity index (χ0v) is 20.8. The van der Waals surface area contributed by atoms with Crippen molar-refractivity contribution in [2.45, 2.75) is 52.7 Å². The summed E-state index contributed by atoms with van der Waals surface area (Å²) in [7, 11) is 0. The lowest BCUT2D eigenvalue weighted by molar-refractivity contribution is -0.143. The fourth-order valence-electron chi connectivity index (χ4n) is 3.81. The molecular weight excluding hydrogens is 443 g/mol. The van der Waals surface area contributed by atoms with Crippen LogP contribution in [0.3, 0.4) is 0 Å². The van der Waals surface area contributed by atoms with Crippen molar-refractivity contribution < 1.29 is 18.7 Å². The number of hydrogen-bond acceptors (Lipinski definition) is 3. The number of amides is 2. The molecule has 0 aromatic heterocycles. The van der Waals surface area contributed by atoms with Crippen LogP contribution < -0.4 is 10.1 Å². The molecule has 0 fully saturated rings. The van der Waals surface area contributed by atoms with Gasteiger partial charge in [0.15, 0.2) is 6.61 Å². The Hall–Kier alpha value is -3.67. The third-order valence-corrected chi connectivity index (χ3v) is 5.66. The minimum absolute atomic E-state index is 0.0882. The van der Waals surface area contributed by atoms with Gasteiger partial charge in [-0.3, -0.25) is 9.59 Å². The maximum Gasteiger partial charge on any atom is 0.261 e. The van der Waals surface area contributed by atoms with Crippen LogP contribution >= 0.6 is 0 Å². The minimum Gasteiger partial charge on any atom is -0.483 e. The van der Waals surface area contributed by atoms with Gasteiger partial charge in [-0.05, 0) is 68.1 Å². The first kappa shape index (κ1) is 25.9. The van der Waals surface area contributed by atoms with Crippen LogP contribution in [0.15, 0.2) is 72.8 Å². The summed E-state index contributed by atoms with van der Waals surface area (Å²) in [6.45, 7) is 7.58. The van der Waals surface area contributed by atoms with Crippen molar-refractivity contribution >= 4 is 11.8 Å². The minimum atomic E-state index is -0.764. The van der Waals surface area contributed by atoms with E-state index in [2.05, 4.69) is 5.32 Å². The lowest BCUT2D eigenvalue weighted by atomic mass is 10.0. The van der Waals surface area contributed by atoms with Gasteiger partial charge in [-0.25, -0.2) is 4.39 Å². The third-order valence-electron chi connectivity index (χ3n) is 5.66. The van der Waals surface area contributed by atoms with E-state index in [4.69, 9.17) is 4.74 Å². The molecule has 0 saturated carbocycles. The largest absolute Gasteiger partial charge is 0.483 e. The topological polar surface area (TPSA) is 58.6 Å². The molecule has 3 rings (SSSR count). The predicted octanol–water partition coefficient (Wildman–Crippen LogP) is 4.99. The molecule has 0 heterocycles. The lowest BCUT2D eigenvalue weighted by Gasteiger charge is -2.32. The molecule has 5 nitrogen and oxygen atoms in total. The van der Waals surface area contributed by atoms with Gasteiger partial charge < -0.3 is 15.0 Å². The zero-order chi connectivity index (χ0) is 25.4. The Balaban J connectivity index is 1.91. The Kier molecular flexibility index (Phi) is 9.01. The van der Waals surface area contributed by atoms with Gasteiger partial charge in [0.1, 0.15) is 17.6 Å². The molecule has 1 atom stereocenters. The van der Waals surface area contributed by atoms with Crippen LogP contribution in [0.4, 0.5) is 4.39 Å². The number of nitrogens with one attached hydrogen (secondary N) is 1. The maximum atomic E-state index is 13.6. The Morgan fingerprint density at radius 1 is 0.943 bits per heavy atom. The molecule has 1 N–H and O–H groups in total. The highest BCUT2D eigenvalue weighted by Crippen LogP contribution is 2.20. The quantitative estimate of drug-likeness (QED) is 0.449. The normalized spacial score (nSPS) is 11.7. The van der Waals surface area contributed by atoms with Crippen LogP contribution in [0.2, 0.25) is 0 Å². The van der Waals surface area contributed by atoms with Gasteiger partial charge in [0.25, 0.3) is 5.91 Å². The molecule has 0 radical (unpaired) electrons. The highest BCUT2D eigenvalue weighted by atomic mass is 19.1. The molecule has 0 spiro atoms. The number of ether oxygens (including phenoxy) is 1. The molecule has 0 unspecified atom stereocenters. The number of rotatable bonds is 10. The molecule has 35 heavy (non-hydrogen) atoms. The summed E-state index contributed by atoms with van der Waals surface area (Å²) < 4.78 is 19.4. The summed E-state index contributed by atoms with van der Waals surface area (Å²) in [5.41, 5.74) is 3.61. The number of carbonyl (C=O) groups is 2. The van der Waals surface area contributed by atoms with Crippen LogP contribution in [-0.2, 0) is 22.6 Å². The molecular formula is C29H33FN2O3. The monoisotopic (exact) mass is 476 g/mol. The summed E-state index contributed by atoms with van der Waals surface area (Å²) >= 11 is 0. The van der Waals surface area contributed by atoms with Gasteiger partial charge >= 0.3 is 0 Å². The van der Waals surface area contributed by atoms with Crippen LogP contribution in [-0.4, -0.2) is 35.4 Å². The highest BCUT2D eigenvalue weighted by Gasteiger charge is 2.31. The van der Waals surface area contributed by atoms with Gasteiger partial charge in [0, 0.05) is 19.0 Å². The Morgan fingerprint density at radius 3 is 2.29 bits per heavy atom. The van der Waals surface area contributed by atoms with E-state index >= 15 is 0 Å². The summed E-state index contributed by atoms with van der Waals surface area (Å²) in [6.07, 6.45) is 0.343. The molecule has 6 heteroatoms. The molecule has 184 valence electrons. The van der Waals surface area contributed by atoms with Gasteiger partial charge in [-0.2, -0.15) is 0 Å². The molecule has 3 aromatic carbocycles. The molecule has 0 saturated heterocycles. The van der Waals surface area contributed by atoms with Gasteiger partial charge in [0.2, 0.25) is 5.91 Å². The molecule has 3 aromatic rings. The standard InChI is InChI=1S/C29H33FN2O3/c1-20(2)31-29(34)26(17-23-8-6-5-7-9-23)32(18-24-12-14-25(30)15-13-24)28(33)19-35-27-16-21(3)10-11-22(27)4/h5-16,20,26H,17-19H2,1-4H3,(H,31,34)/t26-/m1/s1. The summed E-state index contributed by atoms with van der Waals surface area (Å²) in [5, 5.41) is 2.95. The fraction of sp³-hybridized carbons (Fsp3) is 0.310. The Bertz CT molecular complexity index is 1130. The van der Waals surface area contributed by atoms with E-state index in [-0.39, 0.29) is 36.8 Å². The maximum absolute atomic E-state index is 13.6. The average molecular weight is 477 g/mol. The van der Waals surface area contributed by atoms with E-state index in [0.29, 0.717) is 12.2 Å². The summed E-state index contributed by atoms with van der Waals surface area (Å²) in [6, 6.07) is 20.5. The number of aryl methyl sites for hydroxylation is 2. The number of hydrogen-bond donors (Lipinski definition) is 1. The van der Waals surface area contributed by atoms with E-state index in [9.17, 15) is 14.0 Å². The van der Waals surface area contributed by atoms with E-state index in [0.717, 1.165) is 22.3 Å². The third kappa shape index (κ3) is 7.67. The van der Waals surface area contributed by atoms with E-state index < -0.39 is 6.04 Å². The smallest absolute Gasteiger partial charge is 0.261 e. The molecule has 0 aliphatic rings. The van der Waals surface area contributed by atoms with Gasteiger partial charge in [0.05, 0.1) is 0 Å². The van der Waals surface area contributed by atoms with Crippen molar-refractivity contribution in [2.24, 2.45) is 0 Å². The van der Waals surface area contributed by atoms with E-state index in [1.165, 1.54) is 17.0 Å². The number of carbonyl (C=O) groups excluding carboxylic acids is 2. The van der Waals surface area contributed by atoms with Crippen LogP contribution in [0.1, 0.15) is 36.1 Å².